The molecular weight excluding hydrogens is 474 g/mol. The summed E-state index contributed by atoms with van der Waals surface area (Å²) in [5.74, 6) is -4.69. The zero-order chi connectivity index (χ0) is 27.0. The number of carbonyl (C=O) groups is 5. The van der Waals surface area contributed by atoms with Crippen LogP contribution in [-0.2, 0) is 54.1 Å². The monoisotopic (exact) mass is 505 g/mol. The van der Waals surface area contributed by atoms with Gasteiger partial charge in [-0.25, -0.2) is 24.0 Å². The largest absolute Gasteiger partial charge is 0.454 e. The van der Waals surface area contributed by atoms with Crippen molar-refractivity contribution in [3.8, 4) is 0 Å². The Bertz CT molecular complexity index is 992. The molecule has 0 aliphatic carbocycles. The van der Waals surface area contributed by atoms with Gasteiger partial charge in [-0.15, -0.1) is 0 Å². The lowest BCUT2D eigenvalue weighted by Crippen LogP contribution is -2.44. The third kappa shape index (κ3) is 8.10. The minimum absolute atomic E-state index is 0.0184. The van der Waals surface area contributed by atoms with Crippen LogP contribution in [0.2, 0.25) is 0 Å². The normalized spacial score (nSPS) is 29.4. The van der Waals surface area contributed by atoms with E-state index in [-0.39, 0.29) is 12.1 Å². The smallest absolute Gasteiger partial charge is 0.348 e. The first-order valence-corrected chi connectivity index (χ1v) is 11.4. The summed E-state index contributed by atoms with van der Waals surface area (Å²) < 4.78 is 25.8. The van der Waals surface area contributed by atoms with Crippen molar-refractivity contribution in [1.82, 2.24) is 5.32 Å². The first-order chi connectivity index (χ1) is 16.9. The lowest BCUT2D eigenvalue weighted by Gasteiger charge is -2.25. The highest BCUT2D eigenvalue weighted by Gasteiger charge is 2.33. The van der Waals surface area contributed by atoms with Crippen LogP contribution in [-0.4, -0.2) is 66.4 Å². The predicted octanol–water partition coefficient (Wildman–Crippen LogP) is 1.37. The fraction of sp³-hybridized carbons (Fsp3) is 0.480. The number of benzene rings is 1. The zero-order valence-electron chi connectivity index (χ0n) is 20.8. The maximum Gasteiger partial charge on any atom is 0.348 e. The fourth-order valence-electron chi connectivity index (χ4n) is 2.97. The molecule has 1 N–H and O–H groups in total. The first-order valence-electron chi connectivity index (χ1n) is 11.4. The fourth-order valence-corrected chi connectivity index (χ4v) is 2.97. The maximum atomic E-state index is 12.9. The van der Waals surface area contributed by atoms with Crippen LogP contribution in [0.3, 0.4) is 0 Å². The van der Waals surface area contributed by atoms with Gasteiger partial charge >= 0.3 is 29.8 Å². The molecule has 6 atom stereocenters. The van der Waals surface area contributed by atoms with E-state index in [1.165, 1.54) is 34.6 Å². The SMILES string of the molecule is C=C1N[C@@H](C)C(=O)O[C@@H](Cc2ccccc2)C(=O)O[C@@H](C)C(=O)O[C@@H](C)C(=O)O[C@@H](C)C(=O)O[C@H]1C. The highest BCUT2D eigenvalue weighted by Crippen LogP contribution is 2.13. The number of hydrogen-bond donors (Lipinski definition) is 1. The van der Waals surface area contributed by atoms with Gasteiger partial charge in [-0.1, -0.05) is 36.9 Å². The molecule has 36 heavy (non-hydrogen) atoms. The van der Waals surface area contributed by atoms with Gasteiger partial charge in [-0.2, -0.15) is 0 Å². The molecule has 1 aromatic rings. The molecule has 0 amide bonds. The van der Waals surface area contributed by atoms with Crippen molar-refractivity contribution in [2.75, 3.05) is 0 Å². The van der Waals surface area contributed by atoms with Crippen molar-refractivity contribution in [1.29, 1.82) is 0 Å². The summed E-state index contributed by atoms with van der Waals surface area (Å²) in [6, 6.07) is 7.77. The summed E-state index contributed by atoms with van der Waals surface area (Å²) >= 11 is 0. The van der Waals surface area contributed by atoms with E-state index in [9.17, 15) is 24.0 Å². The third-order valence-corrected chi connectivity index (χ3v) is 5.20. The second kappa shape index (κ2) is 12.7. The number of ether oxygens (including phenoxy) is 5. The molecule has 0 aromatic heterocycles. The number of cyclic esters (lactones) is 5. The van der Waals surface area contributed by atoms with Crippen molar-refractivity contribution in [3.05, 3.63) is 48.2 Å². The lowest BCUT2D eigenvalue weighted by molar-refractivity contribution is -0.186. The molecule has 0 unspecified atom stereocenters. The summed E-state index contributed by atoms with van der Waals surface area (Å²) in [4.78, 5) is 62.6. The van der Waals surface area contributed by atoms with Gasteiger partial charge in [0.2, 0.25) is 6.10 Å². The van der Waals surface area contributed by atoms with Crippen molar-refractivity contribution < 1.29 is 47.7 Å². The van der Waals surface area contributed by atoms with Crippen LogP contribution in [0.1, 0.15) is 40.2 Å². The summed E-state index contributed by atoms with van der Waals surface area (Å²) in [6.45, 7) is 10.5. The number of esters is 5. The number of rotatable bonds is 2. The second-order valence-electron chi connectivity index (χ2n) is 8.32. The zero-order valence-corrected chi connectivity index (χ0v) is 20.8. The second-order valence-corrected chi connectivity index (χ2v) is 8.32. The first kappa shape index (κ1) is 28.3. The van der Waals surface area contributed by atoms with Crippen LogP contribution in [0.5, 0.6) is 0 Å². The van der Waals surface area contributed by atoms with Gasteiger partial charge < -0.3 is 29.0 Å². The van der Waals surface area contributed by atoms with E-state index in [1.807, 2.05) is 0 Å². The Balaban J connectivity index is 2.30. The Labute approximate surface area is 209 Å². The Kier molecular flexibility index (Phi) is 10.0. The lowest BCUT2D eigenvalue weighted by atomic mass is 10.1. The van der Waals surface area contributed by atoms with E-state index < -0.39 is 66.4 Å². The van der Waals surface area contributed by atoms with Crippen LogP contribution in [0.4, 0.5) is 0 Å². The molecule has 1 heterocycles. The van der Waals surface area contributed by atoms with Crippen LogP contribution in [0.15, 0.2) is 42.6 Å². The van der Waals surface area contributed by atoms with Crippen LogP contribution in [0.25, 0.3) is 0 Å². The minimum Gasteiger partial charge on any atom is -0.454 e. The van der Waals surface area contributed by atoms with E-state index >= 15 is 0 Å². The average Bonchev–Trinajstić information content (AvgIpc) is 2.82. The highest BCUT2D eigenvalue weighted by atomic mass is 16.6. The van der Waals surface area contributed by atoms with Gasteiger partial charge in [-0.3, -0.25) is 0 Å². The molecule has 1 aliphatic heterocycles. The molecule has 0 spiro atoms. The van der Waals surface area contributed by atoms with Gasteiger partial charge in [0.1, 0.15) is 12.1 Å². The number of nitrogens with one attached hydrogen (secondary N) is 1. The molecule has 1 aromatic carbocycles. The highest BCUT2D eigenvalue weighted by molar-refractivity contribution is 5.86. The van der Waals surface area contributed by atoms with Gasteiger partial charge in [0.25, 0.3) is 0 Å². The van der Waals surface area contributed by atoms with Crippen molar-refractivity contribution in [2.45, 2.75) is 77.6 Å². The van der Waals surface area contributed by atoms with Gasteiger partial charge in [0.15, 0.2) is 18.3 Å². The van der Waals surface area contributed by atoms with Crippen LogP contribution in [0, 0.1) is 0 Å². The summed E-state index contributed by atoms with van der Waals surface area (Å²) in [5, 5.41) is 2.77. The molecular formula is C25H31NO10. The average molecular weight is 506 g/mol. The topological polar surface area (TPSA) is 144 Å². The summed E-state index contributed by atoms with van der Waals surface area (Å²) in [7, 11) is 0. The molecule has 0 saturated carbocycles. The molecule has 2 rings (SSSR count). The van der Waals surface area contributed by atoms with Crippen molar-refractivity contribution >= 4 is 29.8 Å². The molecule has 1 aliphatic rings. The number of carbonyl (C=O) groups excluding carboxylic acids is 5. The summed E-state index contributed by atoms with van der Waals surface area (Å²) in [5.41, 5.74) is 0.853. The van der Waals surface area contributed by atoms with Crippen LogP contribution < -0.4 is 5.32 Å². The van der Waals surface area contributed by atoms with Gasteiger partial charge in [0, 0.05) is 12.1 Å². The third-order valence-electron chi connectivity index (χ3n) is 5.20. The molecule has 1 saturated heterocycles. The summed E-state index contributed by atoms with van der Waals surface area (Å²) in [6.07, 6.45) is -6.46. The van der Waals surface area contributed by atoms with Gasteiger partial charge in [-0.05, 0) is 40.2 Å². The standard InChI is InChI=1S/C25H31NO10/c1-13-15(3)32-22(28)16(4)33-23(29)17(5)34-24(30)18(6)35-25(31)20(36-21(27)14(2)26-13)12-19-10-8-7-9-11-19/h7-11,14-18,20,26H,1,12H2,2-6H3/t14-,15-,16-,17-,18-,20-/m0/s1. The van der Waals surface area contributed by atoms with E-state index in [4.69, 9.17) is 23.7 Å². The molecule has 11 heteroatoms. The molecule has 11 nitrogen and oxygen atoms in total. The Morgan fingerprint density at radius 2 is 1.08 bits per heavy atom. The molecule has 0 radical (unpaired) electrons. The molecule has 196 valence electrons. The van der Waals surface area contributed by atoms with E-state index in [1.54, 1.807) is 30.3 Å². The minimum atomic E-state index is -1.43. The Morgan fingerprint density at radius 1 is 0.639 bits per heavy atom. The van der Waals surface area contributed by atoms with Crippen molar-refractivity contribution in [3.63, 3.8) is 0 Å². The van der Waals surface area contributed by atoms with Crippen LogP contribution >= 0.6 is 0 Å². The van der Waals surface area contributed by atoms with E-state index in [2.05, 4.69) is 11.9 Å². The Morgan fingerprint density at radius 3 is 1.58 bits per heavy atom. The Hall–Kier alpha value is -3.89. The molecule has 1 fully saturated rings. The quantitative estimate of drug-likeness (QED) is 0.460. The number of hydrogen-bond acceptors (Lipinski definition) is 11. The molecule has 0 bridgehead atoms. The van der Waals surface area contributed by atoms with Gasteiger partial charge in [0.05, 0.1) is 0 Å². The maximum absolute atomic E-state index is 12.9. The van der Waals surface area contributed by atoms with Crippen molar-refractivity contribution in [2.24, 2.45) is 0 Å². The van der Waals surface area contributed by atoms with E-state index in [0.29, 0.717) is 5.56 Å². The van der Waals surface area contributed by atoms with E-state index in [0.717, 1.165) is 0 Å². The predicted molar refractivity (Wildman–Crippen MR) is 124 cm³/mol.